The molecular weight excluding hydrogens is 376 g/mol. The molecule has 2 aliphatic heterocycles. The molecule has 0 atom stereocenters. The second kappa shape index (κ2) is 7.92. The van der Waals surface area contributed by atoms with E-state index in [-0.39, 0.29) is 23.9 Å². The summed E-state index contributed by atoms with van der Waals surface area (Å²) in [6.45, 7) is 1.67. The summed E-state index contributed by atoms with van der Waals surface area (Å²) in [4.78, 5) is 38.9. The number of nitrogens with one attached hydrogen (secondary N) is 1. The van der Waals surface area contributed by atoms with Crippen LogP contribution >= 0.6 is 0 Å². The SMILES string of the molecule is COCCCN1C(=O)c2ccc(C(=O)Nc3ccc4c(c3)OCCO4)cc2C1=O. The monoisotopic (exact) mass is 396 g/mol. The zero-order valence-corrected chi connectivity index (χ0v) is 15.9. The maximum Gasteiger partial charge on any atom is 0.261 e. The molecule has 2 aliphatic rings. The number of ether oxygens (including phenoxy) is 3. The lowest BCUT2D eigenvalue weighted by Gasteiger charge is -2.19. The highest BCUT2D eigenvalue weighted by Gasteiger charge is 2.35. The Morgan fingerprint density at radius 3 is 2.59 bits per heavy atom. The number of carbonyl (C=O) groups excluding carboxylic acids is 3. The number of carbonyl (C=O) groups is 3. The highest BCUT2D eigenvalue weighted by atomic mass is 16.6. The van der Waals surface area contributed by atoms with E-state index in [4.69, 9.17) is 14.2 Å². The van der Waals surface area contributed by atoms with Gasteiger partial charge in [0.05, 0.1) is 11.1 Å². The van der Waals surface area contributed by atoms with Gasteiger partial charge in [-0.2, -0.15) is 0 Å². The average Bonchev–Trinajstić information content (AvgIpc) is 2.98. The normalized spacial score (nSPS) is 14.7. The van der Waals surface area contributed by atoms with Crippen molar-refractivity contribution < 1.29 is 28.6 Å². The van der Waals surface area contributed by atoms with Crippen LogP contribution in [0.25, 0.3) is 0 Å². The fourth-order valence-electron chi connectivity index (χ4n) is 3.33. The third-order valence-electron chi connectivity index (χ3n) is 4.76. The highest BCUT2D eigenvalue weighted by molar-refractivity contribution is 6.22. The van der Waals surface area contributed by atoms with E-state index < -0.39 is 5.91 Å². The van der Waals surface area contributed by atoms with Crippen LogP contribution in [-0.2, 0) is 4.74 Å². The molecule has 0 saturated carbocycles. The zero-order valence-electron chi connectivity index (χ0n) is 15.9. The van der Waals surface area contributed by atoms with Crippen molar-refractivity contribution >= 4 is 23.4 Å². The van der Waals surface area contributed by atoms with Crippen LogP contribution in [0.3, 0.4) is 0 Å². The molecule has 0 radical (unpaired) electrons. The van der Waals surface area contributed by atoms with Gasteiger partial charge in [0, 0.05) is 37.6 Å². The van der Waals surface area contributed by atoms with E-state index >= 15 is 0 Å². The van der Waals surface area contributed by atoms with E-state index in [1.165, 1.54) is 23.1 Å². The van der Waals surface area contributed by atoms with Gasteiger partial charge in [-0.1, -0.05) is 0 Å². The summed E-state index contributed by atoms with van der Waals surface area (Å²) in [5.74, 6) is 0.0671. The van der Waals surface area contributed by atoms with Gasteiger partial charge in [0.2, 0.25) is 0 Å². The van der Waals surface area contributed by atoms with Crippen molar-refractivity contribution in [3.8, 4) is 11.5 Å². The number of fused-ring (bicyclic) bond motifs is 2. The smallest absolute Gasteiger partial charge is 0.261 e. The molecule has 0 saturated heterocycles. The number of methoxy groups -OCH3 is 1. The Kier molecular flexibility index (Phi) is 5.18. The minimum absolute atomic E-state index is 0.238. The molecule has 0 aromatic heterocycles. The van der Waals surface area contributed by atoms with Gasteiger partial charge in [0.25, 0.3) is 17.7 Å². The third-order valence-corrected chi connectivity index (χ3v) is 4.76. The number of nitrogens with zero attached hydrogens (tertiary/aromatic N) is 1. The van der Waals surface area contributed by atoms with Gasteiger partial charge < -0.3 is 19.5 Å². The van der Waals surface area contributed by atoms with Crippen LogP contribution in [0.2, 0.25) is 0 Å². The van der Waals surface area contributed by atoms with E-state index in [2.05, 4.69) is 5.32 Å². The number of benzene rings is 2. The van der Waals surface area contributed by atoms with E-state index in [0.717, 1.165) is 0 Å². The first kappa shape index (κ1) is 18.9. The largest absolute Gasteiger partial charge is 0.486 e. The van der Waals surface area contributed by atoms with E-state index in [0.29, 0.717) is 54.6 Å². The molecule has 29 heavy (non-hydrogen) atoms. The molecule has 150 valence electrons. The van der Waals surface area contributed by atoms with Crippen LogP contribution < -0.4 is 14.8 Å². The molecule has 3 amide bonds. The van der Waals surface area contributed by atoms with Crippen LogP contribution in [0.4, 0.5) is 5.69 Å². The number of hydrogen-bond donors (Lipinski definition) is 1. The first-order valence-corrected chi connectivity index (χ1v) is 9.28. The summed E-state index contributed by atoms with van der Waals surface area (Å²) >= 11 is 0. The Balaban J connectivity index is 1.50. The fraction of sp³-hybridized carbons (Fsp3) is 0.286. The van der Waals surface area contributed by atoms with Gasteiger partial charge in [0.15, 0.2) is 11.5 Å². The topological polar surface area (TPSA) is 94.2 Å². The van der Waals surface area contributed by atoms with Crippen molar-refractivity contribution in [1.82, 2.24) is 4.90 Å². The van der Waals surface area contributed by atoms with Crippen molar-refractivity contribution in [2.45, 2.75) is 6.42 Å². The van der Waals surface area contributed by atoms with Crippen molar-refractivity contribution in [1.29, 1.82) is 0 Å². The summed E-state index contributed by atoms with van der Waals surface area (Å²) in [6, 6.07) is 9.64. The lowest BCUT2D eigenvalue weighted by atomic mass is 10.1. The van der Waals surface area contributed by atoms with Gasteiger partial charge in [-0.25, -0.2) is 0 Å². The standard InChI is InChI=1S/C21H20N2O6/c1-27-8-2-7-23-20(25)15-5-3-13(11-16(15)21(23)26)19(24)22-14-4-6-17-18(12-14)29-10-9-28-17/h3-6,11-12H,2,7-10H2,1H3,(H,22,24). The summed E-state index contributed by atoms with van der Waals surface area (Å²) in [5.41, 5.74) is 1.38. The number of imide groups is 1. The summed E-state index contributed by atoms with van der Waals surface area (Å²) in [7, 11) is 1.56. The molecule has 8 heteroatoms. The predicted molar refractivity (Wildman–Crippen MR) is 104 cm³/mol. The second-order valence-electron chi connectivity index (χ2n) is 6.68. The second-order valence-corrected chi connectivity index (χ2v) is 6.68. The minimum Gasteiger partial charge on any atom is -0.486 e. The van der Waals surface area contributed by atoms with Gasteiger partial charge in [-0.15, -0.1) is 0 Å². The van der Waals surface area contributed by atoms with E-state index in [1.54, 1.807) is 25.3 Å². The molecular formula is C21H20N2O6. The van der Waals surface area contributed by atoms with Crippen molar-refractivity contribution in [2.75, 3.05) is 38.8 Å². The van der Waals surface area contributed by atoms with Gasteiger partial charge in [-0.3, -0.25) is 19.3 Å². The van der Waals surface area contributed by atoms with Crippen molar-refractivity contribution in [2.24, 2.45) is 0 Å². The molecule has 0 fully saturated rings. The van der Waals surface area contributed by atoms with Gasteiger partial charge >= 0.3 is 0 Å². The lowest BCUT2D eigenvalue weighted by Crippen LogP contribution is -2.31. The Bertz CT molecular complexity index is 987. The van der Waals surface area contributed by atoms with Crippen LogP contribution in [0.1, 0.15) is 37.5 Å². The summed E-state index contributed by atoms with van der Waals surface area (Å²) < 4.78 is 16.0. The first-order valence-electron chi connectivity index (χ1n) is 9.28. The van der Waals surface area contributed by atoms with Crippen molar-refractivity contribution in [3.05, 3.63) is 53.1 Å². The van der Waals surface area contributed by atoms with Crippen LogP contribution in [-0.4, -0.2) is 56.1 Å². The molecule has 0 bridgehead atoms. The summed E-state index contributed by atoms with van der Waals surface area (Å²) in [5, 5.41) is 2.78. The molecule has 2 heterocycles. The van der Waals surface area contributed by atoms with Crippen LogP contribution in [0, 0.1) is 0 Å². The number of amides is 3. The lowest BCUT2D eigenvalue weighted by molar-refractivity contribution is 0.0638. The highest BCUT2D eigenvalue weighted by Crippen LogP contribution is 2.33. The number of hydrogen-bond acceptors (Lipinski definition) is 6. The molecule has 2 aromatic carbocycles. The predicted octanol–water partition coefficient (Wildman–Crippen LogP) is 2.34. The minimum atomic E-state index is -0.393. The molecule has 0 spiro atoms. The third kappa shape index (κ3) is 3.66. The van der Waals surface area contributed by atoms with Gasteiger partial charge in [0.1, 0.15) is 13.2 Å². The maximum atomic E-state index is 12.7. The Morgan fingerprint density at radius 2 is 1.79 bits per heavy atom. The first-order chi connectivity index (χ1) is 14.1. The Morgan fingerprint density at radius 1 is 1.03 bits per heavy atom. The molecule has 1 N–H and O–H groups in total. The van der Waals surface area contributed by atoms with Gasteiger partial charge in [-0.05, 0) is 36.8 Å². The van der Waals surface area contributed by atoms with Crippen molar-refractivity contribution in [3.63, 3.8) is 0 Å². The average molecular weight is 396 g/mol. The maximum absolute atomic E-state index is 12.7. The number of anilines is 1. The van der Waals surface area contributed by atoms with Crippen LogP contribution in [0.15, 0.2) is 36.4 Å². The van der Waals surface area contributed by atoms with E-state index in [9.17, 15) is 14.4 Å². The quantitative estimate of drug-likeness (QED) is 0.595. The Labute approximate surface area is 167 Å². The summed E-state index contributed by atoms with van der Waals surface area (Å²) in [6.07, 6.45) is 0.555. The molecule has 0 aliphatic carbocycles. The Hall–Kier alpha value is -3.39. The zero-order chi connectivity index (χ0) is 20.4. The molecule has 8 nitrogen and oxygen atoms in total. The molecule has 2 aromatic rings. The number of rotatable bonds is 6. The molecule has 4 rings (SSSR count). The van der Waals surface area contributed by atoms with Crippen LogP contribution in [0.5, 0.6) is 11.5 Å². The van der Waals surface area contributed by atoms with E-state index in [1.807, 2.05) is 0 Å². The molecule has 0 unspecified atom stereocenters. The fourth-order valence-corrected chi connectivity index (χ4v) is 3.33.